The van der Waals surface area contributed by atoms with Gasteiger partial charge in [-0.1, -0.05) is 30.2 Å². The summed E-state index contributed by atoms with van der Waals surface area (Å²) in [7, 11) is 0. The van der Waals surface area contributed by atoms with Gasteiger partial charge in [-0.2, -0.15) is 0 Å². The van der Waals surface area contributed by atoms with E-state index in [1.165, 1.54) is 52.9 Å². The molecule has 0 N–H and O–H groups in total. The maximum absolute atomic E-state index is 5.04. The molecule has 1 aromatic rings. The van der Waals surface area contributed by atoms with Crippen LogP contribution in [0.2, 0.25) is 0 Å². The van der Waals surface area contributed by atoms with Crippen molar-refractivity contribution in [3.05, 3.63) is 52.5 Å². The molecule has 30 heavy (non-hydrogen) atoms. The molecule has 5 nitrogen and oxygen atoms in total. The van der Waals surface area contributed by atoms with Gasteiger partial charge >= 0.3 is 0 Å². The maximum atomic E-state index is 5.04. The lowest BCUT2D eigenvalue weighted by molar-refractivity contribution is 0.120. The highest BCUT2D eigenvalue weighted by Gasteiger charge is 2.29. The maximum Gasteiger partial charge on any atom is 0.225 e. The molecule has 1 aromatic heterocycles. The van der Waals surface area contributed by atoms with Crippen LogP contribution in [0.4, 0.5) is 5.95 Å². The van der Waals surface area contributed by atoms with Gasteiger partial charge < -0.3 is 9.80 Å². The third-order valence-corrected chi connectivity index (χ3v) is 7.49. The van der Waals surface area contributed by atoms with Crippen LogP contribution in [0, 0.1) is 0 Å². The van der Waals surface area contributed by atoms with E-state index in [2.05, 4.69) is 47.4 Å². The highest BCUT2D eigenvalue weighted by Crippen LogP contribution is 2.31. The smallest absolute Gasteiger partial charge is 0.225 e. The molecule has 2 fully saturated rings. The van der Waals surface area contributed by atoms with Gasteiger partial charge in [0.05, 0.1) is 5.69 Å². The number of nitrogens with zero attached hydrogens (tertiary/aromatic N) is 5. The Morgan fingerprint density at radius 2 is 1.80 bits per heavy atom. The van der Waals surface area contributed by atoms with Crippen molar-refractivity contribution in [3.63, 3.8) is 0 Å². The Balaban J connectivity index is 1.24. The summed E-state index contributed by atoms with van der Waals surface area (Å²) in [6, 6.07) is 0.844. The molecule has 2 aliphatic carbocycles. The minimum absolute atomic E-state index is 0.844. The molecular formula is C25H35N5. The Morgan fingerprint density at radius 3 is 2.47 bits per heavy atom. The highest BCUT2D eigenvalue weighted by molar-refractivity contribution is 5.48. The zero-order valence-electron chi connectivity index (χ0n) is 18.7. The molecule has 0 atom stereocenters. The van der Waals surface area contributed by atoms with E-state index < -0.39 is 0 Å². The van der Waals surface area contributed by atoms with Crippen molar-refractivity contribution >= 4 is 5.95 Å². The molecule has 4 aliphatic rings. The fourth-order valence-corrected chi connectivity index (χ4v) is 5.36. The molecule has 160 valence electrons. The quantitative estimate of drug-likeness (QED) is 0.763. The molecule has 0 aromatic carbocycles. The molecule has 2 aliphatic heterocycles. The number of hydrogen-bond donors (Lipinski definition) is 0. The molecule has 1 saturated carbocycles. The zero-order valence-corrected chi connectivity index (χ0v) is 18.7. The number of fused-ring (bicyclic) bond motifs is 1. The first-order valence-corrected chi connectivity index (χ1v) is 11.7. The minimum Gasteiger partial charge on any atom is -0.371 e. The van der Waals surface area contributed by atoms with E-state index in [-0.39, 0.29) is 0 Å². The average molecular weight is 406 g/mol. The van der Waals surface area contributed by atoms with Crippen LogP contribution < -0.4 is 4.90 Å². The van der Waals surface area contributed by atoms with Gasteiger partial charge in [-0.15, -0.1) is 0 Å². The number of rotatable bonds is 4. The summed E-state index contributed by atoms with van der Waals surface area (Å²) in [6.07, 6.45) is 11.7. The van der Waals surface area contributed by atoms with Gasteiger partial charge in [0, 0.05) is 63.6 Å². The van der Waals surface area contributed by atoms with E-state index in [0.29, 0.717) is 0 Å². The van der Waals surface area contributed by atoms with Crippen molar-refractivity contribution in [2.45, 2.75) is 58.4 Å². The van der Waals surface area contributed by atoms with Gasteiger partial charge in [0.2, 0.25) is 5.95 Å². The summed E-state index contributed by atoms with van der Waals surface area (Å²) in [6.45, 7) is 15.3. The predicted molar refractivity (Wildman–Crippen MR) is 123 cm³/mol. The average Bonchev–Trinajstić information content (AvgIpc) is 2.92. The Hall–Kier alpha value is -2.14. The molecule has 5 rings (SSSR count). The van der Waals surface area contributed by atoms with Crippen LogP contribution in [-0.2, 0) is 12.8 Å². The minimum atomic E-state index is 0.844. The van der Waals surface area contributed by atoms with Crippen LogP contribution >= 0.6 is 0 Å². The van der Waals surface area contributed by atoms with E-state index in [0.717, 1.165) is 70.5 Å². The molecule has 3 heterocycles. The van der Waals surface area contributed by atoms with E-state index in [4.69, 9.17) is 9.97 Å². The predicted octanol–water partition coefficient (Wildman–Crippen LogP) is 3.73. The van der Waals surface area contributed by atoms with Crippen LogP contribution in [0.15, 0.2) is 41.3 Å². The van der Waals surface area contributed by atoms with Crippen molar-refractivity contribution in [2.24, 2.45) is 0 Å². The first-order valence-electron chi connectivity index (χ1n) is 11.7. The number of allylic oxidation sites excluding steroid dienone is 3. The SMILES string of the molecule is C=C(C1=C(C)CC(C)=C1)N1CCc2cnc(N3CCN(C4CCC4)CC3)nc2CC1. The first-order chi connectivity index (χ1) is 14.6. The van der Waals surface area contributed by atoms with Crippen molar-refractivity contribution in [1.29, 1.82) is 0 Å². The monoisotopic (exact) mass is 405 g/mol. The lowest BCUT2D eigenvalue weighted by Crippen LogP contribution is -2.52. The van der Waals surface area contributed by atoms with Crippen molar-refractivity contribution < 1.29 is 0 Å². The Bertz CT molecular complexity index is 887. The highest BCUT2D eigenvalue weighted by atomic mass is 15.3. The molecule has 1 saturated heterocycles. The van der Waals surface area contributed by atoms with Crippen molar-refractivity contribution in [1.82, 2.24) is 19.8 Å². The number of piperazine rings is 1. The standard InChI is InChI=1S/C25H35N5/c1-18-15-19(2)23(16-18)20(3)28-9-7-21-17-26-25(27-24(21)8-10-28)30-13-11-29(12-14-30)22-5-4-6-22/h16-17,22H,3-15H2,1-2H3. The summed E-state index contributed by atoms with van der Waals surface area (Å²) in [5.74, 6) is 0.933. The zero-order chi connectivity index (χ0) is 20.7. The number of anilines is 1. The summed E-state index contributed by atoms with van der Waals surface area (Å²) >= 11 is 0. The van der Waals surface area contributed by atoms with Crippen molar-refractivity contribution in [2.75, 3.05) is 44.2 Å². The topological polar surface area (TPSA) is 35.5 Å². The van der Waals surface area contributed by atoms with Crippen LogP contribution in [0.3, 0.4) is 0 Å². The second-order valence-electron chi connectivity index (χ2n) is 9.54. The van der Waals surface area contributed by atoms with Gasteiger partial charge in [-0.05, 0) is 50.7 Å². The Labute approximate surface area is 181 Å². The normalized spacial score (nSPS) is 23.2. The van der Waals surface area contributed by atoms with Gasteiger partial charge in [-0.25, -0.2) is 9.97 Å². The number of hydrogen-bond acceptors (Lipinski definition) is 5. The fraction of sp³-hybridized carbons (Fsp3) is 0.600. The van der Waals surface area contributed by atoms with E-state index in [1.54, 1.807) is 0 Å². The largest absolute Gasteiger partial charge is 0.371 e. The van der Waals surface area contributed by atoms with Crippen LogP contribution in [0.25, 0.3) is 0 Å². The van der Waals surface area contributed by atoms with Crippen LogP contribution in [0.5, 0.6) is 0 Å². The summed E-state index contributed by atoms with van der Waals surface area (Å²) in [5.41, 5.74) is 7.95. The third-order valence-electron chi connectivity index (χ3n) is 7.49. The fourth-order valence-electron chi connectivity index (χ4n) is 5.36. The van der Waals surface area contributed by atoms with E-state index >= 15 is 0 Å². The lowest BCUT2D eigenvalue weighted by Gasteiger charge is -2.43. The van der Waals surface area contributed by atoms with E-state index in [1.807, 2.05) is 0 Å². The van der Waals surface area contributed by atoms with E-state index in [9.17, 15) is 0 Å². The van der Waals surface area contributed by atoms with Crippen LogP contribution in [-0.4, -0.2) is 65.1 Å². The first kappa shape index (κ1) is 19.8. The van der Waals surface area contributed by atoms with Gasteiger partial charge in [0.15, 0.2) is 0 Å². The second-order valence-corrected chi connectivity index (χ2v) is 9.54. The second kappa shape index (κ2) is 8.18. The molecule has 5 heteroatoms. The van der Waals surface area contributed by atoms with Gasteiger partial charge in [0.25, 0.3) is 0 Å². The molecule has 0 bridgehead atoms. The molecule has 0 radical (unpaired) electrons. The number of aromatic nitrogens is 2. The third kappa shape index (κ3) is 3.80. The molecule has 0 unspecified atom stereocenters. The summed E-state index contributed by atoms with van der Waals surface area (Å²) in [4.78, 5) is 17.3. The summed E-state index contributed by atoms with van der Waals surface area (Å²) in [5, 5.41) is 0. The van der Waals surface area contributed by atoms with Crippen LogP contribution in [0.1, 0.15) is 50.8 Å². The molecule has 0 spiro atoms. The van der Waals surface area contributed by atoms with Crippen molar-refractivity contribution in [3.8, 4) is 0 Å². The Morgan fingerprint density at radius 1 is 1.03 bits per heavy atom. The summed E-state index contributed by atoms with van der Waals surface area (Å²) < 4.78 is 0. The Kier molecular flexibility index (Phi) is 5.40. The lowest BCUT2D eigenvalue weighted by atomic mass is 9.91. The molecular weight excluding hydrogens is 370 g/mol. The van der Waals surface area contributed by atoms with Gasteiger partial charge in [-0.3, -0.25) is 4.90 Å². The van der Waals surface area contributed by atoms with Gasteiger partial charge in [0.1, 0.15) is 0 Å². The molecule has 0 amide bonds.